The van der Waals surface area contributed by atoms with Crippen molar-refractivity contribution < 1.29 is 14.2 Å². The number of nitriles is 1. The van der Waals surface area contributed by atoms with Crippen LogP contribution in [0.4, 0.5) is 4.79 Å². The molecule has 0 aromatic heterocycles. The second-order valence-corrected chi connectivity index (χ2v) is 6.18. The summed E-state index contributed by atoms with van der Waals surface area (Å²) in [6, 6.07) is 1.08. The molecule has 1 fully saturated rings. The SMILES string of the molecule is CCCCC1=[N+](CCCC)C2C(=O)N(CCC#N)C(=O)N(C)C2=N1. The van der Waals surface area contributed by atoms with Crippen LogP contribution in [0, 0.1) is 11.3 Å². The number of likely N-dealkylation sites (N-methyl/N-ethyl adjacent to an activating group) is 1. The van der Waals surface area contributed by atoms with Gasteiger partial charge in [0, 0.05) is 13.6 Å². The Labute approximate surface area is 143 Å². The third kappa shape index (κ3) is 3.32. The van der Waals surface area contributed by atoms with Gasteiger partial charge < -0.3 is 0 Å². The van der Waals surface area contributed by atoms with Crippen LogP contribution in [0.3, 0.4) is 0 Å². The highest BCUT2D eigenvalue weighted by atomic mass is 16.2. The molecule has 2 heterocycles. The zero-order chi connectivity index (χ0) is 17.7. The molecule has 1 saturated heterocycles. The van der Waals surface area contributed by atoms with Crippen molar-refractivity contribution in [3.05, 3.63) is 0 Å². The van der Waals surface area contributed by atoms with Gasteiger partial charge in [0.1, 0.15) is 0 Å². The third-order valence-electron chi connectivity index (χ3n) is 4.45. The second kappa shape index (κ2) is 8.04. The Hall–Kier alpha value is -2.23. The largest absolute Gasteiger partial charge is 0.333 e. The van der Waals surface area contributed by atoms with Gasteiger partial charge in [-0.25, -0.2) is 9.37 Å². The Balaban J connectivity index is 2.34. The molecule has 1 unspecified atom stereocenters. The molecule has 1 atom stereocenters. The normalized spacial score (nSPS) is 20.4. The lowest BCUT2D eigenvalue weighted by Crippen LogP contribution is -2.62. The Morgan fingerprint density at radius 3 is 2.58 bits per heavy atom. The molecule has 0 aromatic rings. The lowest BCUT2D eigenvalue weighted by molar-refractivity contribution is -0.537. The van der Waals surface area contributed by atoms with E-state index >= 15 is 0 Å². The number of unbranched alkanes of at least 4 members (excludes halogenated alkanes) is 2. The van der Waals surface area contributed by atoms with Crippen LogP contribution in [0.1, 0.15) is 52.4 Å². The molecule has 7 nitrogen and oxygen atoms in total. The molecule has 0 N–H and O–H groups in total. The first kappa shape index (κ1) is 18.1. The van der Waals surface area contributed by atoms with E-state index in [4.69, 9.17) is 5.26 Å². The standard InChI is InChI=1S/C17H26N5O2/c1-4-6-9-13-19-15-14(21(13)11-7-5-2)16(23)22(12-8-10-18)17(24)20(15)3/h14H,4-9,11-12H2,1-3H3/q+1. The molecular weight excluding hydrogens is 306 g/mol. The van der Waals surface area contributed by atoms with Gasteiger partial charge in [0.2, 0.25) is 0 Å². The van der Waals surface area contributed by atoms with Gasteiger partial charge in [-0.1, -0.05) is 26.7 Å². The number of rotatable bonds is 8. The van der Waals surface area contributed by atoms with Gasteiger partial charge in [0.15, 0.2) is 0 Å². The van der Waals surface area contributed by atoms with Gasteiger partial charge >= 0.3 is 6.03 Å². The van der Waals surface area contributed by atoms with Crippen molar-refractivity contribution in [2.24, 2.45) is 4.99 Å². The van der Waals surface area contributed by atoms with Crippen molar-refractivity contribution >= 4 is 23.6 Å². The molecule has 0 aliphatic carbocycles. The molecular formula is C17H26N5O2+. The van der Waals surface area contributed by atoms with Crippen LogP contribution < -0.4 is 0 Å². The average molecular weight is 332 g/mol. The molecule has 0 saturated carbocycles. The van der Waals surface area contributed by atoms with E-state index in [1.54, 1.807) is 7.05 Å². The molecule has 0 bridgehead atoms. The molecule has 0 spiro atoms. The lowest BCUT2D eigenvalue weighted by atomic mass is 10.1. The summed E-state index contributed by atoms with van der Waals surface area (Å²) in [5, 5.41) is 8.78. The maximum absolute atomic E-state index is 12.9. The van der Waals surface area contributed by atoms with Crippen molar-refractivity contribution in [2.75, 3.05) is 20.1 Å². The highest BCUT2D eigenvalue weighted by Gasteiger charge is 2.53. The second-order valence-electron chi connectivity index (χ2n) is 6.18. The molecule has 2 rings (SSSR count). The van der Waals surface area contributed by atoms with Crippen LogP contribution in [-0.4, -0.2) is 64.2 Å². The third-order valence-corrected chi connectivity index (χ3v) is 4.45. The topological polar surface area (TPSA) is 79.8 Å². The van der Waals surface area contributed by atoms with E-state index in [0.29, 0.717) is 5.84 Å². The molecule has 2 aliphatic rings. The minimum absolute atomic E-state index is 0.133. The molecule has 7 heteroatoms. The summed E-state index contributed by atoms with van der Waals surface area (Å²) >= 11 is 0. The number of hydrogen-bond acceptors (Lipinski definition) is 4. The summed E-state index contributed by atoms with van der Waals surface area (Å²) in [5.74, 6) is 1.18. The minimum Gasteiger partial charge on any atom is -0.269 e. The van der Waals surface area contributed by atoms with Crippen LogP contribution >= 0.6 is 0 Å². The lowest BCUT2D eigenvalue weighted by Gasteiger charge is -2.32. The van der Waals surface area contributed by atoms with Gasteiger partial charge in [-0.3, -0.25) is 14.6 Å². The van der Waals surface area contributed by atoms with Crippen LogP contribution in [0.25, 0.3) is 0 Å². The first-order valence-corrected chi connectivity index (χ1v) is 8.73. The van der Waals surface area contributed by atoms with Gasteiger partial charge in [-0.05, 0) is 17.8 Å². The summed E-state index contributed by atoms with van der Waals surface area (Å²) in [7, 11) is 1.65. The number of amides is 3. The van der Waals surface area contributed by atoms with Crippen molar-refractivity contribution in [1.82, 2.24) is 9.80 Å². The van der Waals surface area contributed by atoms with Crippen molar-refractivity contribution in [1.29, 1.82) is 5.26 Å². The van der Waals surface area contributed by atoms with E-state index in [2.05, 4.69) is 23.4 Å². The Kier molecular flexibility index (Phi) is 6.07. The highest BCUT2D eigenvalue weighted by molar-refractivity contribution is 6.23. The van der Waals surface area contributed by atoms with Crippen LogP contribution in [0.5, 0.6) is 0 Å². The zero-order valence-electron chi connectivity index (χ0n) is 14.8. The molecule has 24 heavy (non-hydrogen) atoms. The fourth-order valence-corrected chi connectivity index (χ4v) is 3.06. The van der Waals surface area contributed by atoms with Crippen molar-refractivity contribution in [3.8, 4) is 6.07 Å². The van der Waals surface area contributed by atoms with Crippen LogP contribution in [0.2, 0.25) is 0 Å². The quantitative estimate of drug-likeness (QED) is 0.637. The molecule has 2 aliphatic heterocycles. The van der Waals surface area contributed by atoms with E-state index < -0.39 is 12.1 Å². The summed E-state index contributed by atoms with van der Waals surface area (Å²) < 4.78 is 2.05. The molecule has 0 aromatic carbocycles. The Morgan fingerprint density at radius 2 is 1.96 bits per heavy atom. The predicted octanol–water partition coefficient (Wildman–Crippen LogP) is 1.98. The highest BCUT2D eigenvalue weighted by Crippen LogP contribution is 2.22. The number of carbonyl (C=O) groups is 2. The van der Waals surface area contributed by atoms with Crippen molar-refractivity contribution in [3.63, 3.8) is 0 Å². The van der Waals surface area contributed by atoms with Gasteiger partial charge in [-0.15, -0.1) is 0 Å². The monoisotopic (exact) mass is 332 g/mol. The summed E-state index contributed by atoms with van der Waals surface area (Å²) in [5.41, 5.74) is 0. The van der Waals surface area contributed by atoms with Gasteiger partial charge in [0.05, 0.1) is 25.5 Å². The summed E-state index contributed by atoms with van der Waals surface area (Å²) in [6.45, 7) is 5.12. The zero-order valence-corrected chi connectivity index (χ0v) is 14.8. The average Bonchev–Trinajstić information content (AvgIpc) is 2.94. The first-order valence-electron chi connectivity index (χ1n) is 8.73. The number of aliphatic imine (C=N–C) groups is 1. The number of fused-ring (bicyclic) bond motifs is 1. The van der Waals surface area contributed by atoms with E-state index in [1.807, 2.05) is 6.07 Å². The minimum atomic E-state index is -0.523. The number of hydrogen-bond donors (Lipinski definition) is 0. The van der Waals surface area contributed by atoms with Gasteiger partial charge in [0.25, 0.3) is 23.6 Å². The van der Waals surface area contributed by atoms with Crippen LogP contribution in [0.15, 0.2) is 4.99 Å². The van der Waals surface area contributed by atoms with E-state index in [0.717, 1.165) is 44.5 Å². The number of imide groups is 1. The fraction of sp³-hybridized carbons (Fsp3) is 0.706. The smallest absolute Gasteiger partial charge is 0.269 e. The number of carbonyl (C=O) groups excluding carboxylic acids is 2. The maximum Gasteiger partial charge on any atom is 0.333 e. The van der Waals surface area contributed by atoms with Crippen LogP contribution in [-0.2, 0) is 4.79 Å². The summed E-state index contributed by atoms with van der Waals surface area (Å²) in [6.07, 6.45) is 5.02. The van der Waals surface area contributed by atoms with Crippen molar-refractivity contribution in [2.45, 2.75) is 58.4 Å². The Bertz CT molecular complexity index is 617. The van der Waals surface area contributed by atoms with E-state index in [1.165, 1.54) is 9.80 Å². The summed E-state index contributed by atoms with van der Waals surface area (Å²) in [4.78, 5) is 32.6. The number of nitrogens with zero attached hydrogens (tertiary/aromatic N) is 5. The Morgan fingerprint density at radius 1 is 1.25 bits per heavy atom. The first-order chi connectivity index (χ1) is 11.6. The molecule has 3 amide bonds. The fourth-order valence-electron chi connectivity index (χ4n) is 3.06. The maximum atomic E-state index is 12.9. The molecule has 0 radical (unpaired) electrons. The number of amidine groups is 2. The van der Waals surface area contributed by atoms with E-state index in [9.17, 15) is 9.59 Å². The van der Waals surface area contributed by atoms with Gasteiger partial charge in [-0.2, -0.15) is 5.26 Å². The van der Waals surface area contributed by atoms with E-state index in [-0.39, 0.29) is 18.9 Å². The molecule has 130 valence electrons. The number of urea groups is 1. The predicted molar refractivity (Wildman–Crippen MR) is 90.9 cm³/mol.